The van der Waals surface area contributed by atoms with Gasteiger partial charge in [-0.25, -0.2) is 0 Å². The van der Waals surface area contributed by atoms with Crippen LogP contribution < -0.4 is 4.90 Å². The molecule has 3 nitrogen and oxygen atoms in total. The maximum atomic E-state index is 14.2. The minimum Gasteiger partial charge on any atom is -0.289 e. The minimum atomic E-state index is -0.235. The molecule has 0 unspecified atom stereocenters. The third kappa shape index (κ3) is 5.00. The molecule has 0 aromatic heterocycles. The van der Waals surface area contributed by atoms with Gasteiger partial charge < -0.3 is 0 Å². The van der Waals surface area contributed by atoms with E-state index in [0.29, 0.717) is 33.7 Å². The number of hydrogen-bond acceptors (Lipinski definition) is 2. The van der Waals surface area contributed by atoms with E-state index >= 15 is 0 Å². The Morgan fingerprint density at radius 1 is 0.647 bits per heavy atom. The molecule has 4 aromatic carbocycles. The van der Waals surface area contributed by atoms with Crippen LogP contribution in [-0.2, 0) is 4.79 Å². The maximum absolute atomic E-state index is 14.2. The van der Waals surface area contributed by atoms with E-state index in [2.05, 4.69) is 0 Å². The van der Waals surface area contributed by atoms with Crippen LogP contribution in [0.2, 0.25) is 5.02 Å². The monoisotopic (exact) mass is 465 g/mol. The Labute approximate surface area is 204 Å². The van der Waals surface area contributed by atoms with Gasteiger partial charge in [0.2, 0.25) is 0 Å². The van der Waals surface area contributed by atoms with Crippen molar-refractivity contribution in [2.24, 2.45) is 0 Å². The molecular weight excluding hydrogens is 442 g/mol. The highest BCUT2D eigenvalue weighted by atomic mass is 35.5. The molecule has 1 amide bonds. The molecule has 34 heavy (non-hydrogen) atoms. The fourth-order valence-corrected chi connectivity index (χ4v) is 4.03. The summed E-state index contributed by atoms with van der Waals surface area (Å²) >= 11 is 6.05. The summed E-state index contributed by atoms with van der Waals surface area (Å²) in [5.41, 5.74) is 3.49. The number of rotatable bonds is 7. The van der Waals surface area contributed by atoms with Crippen LogP contribution in [0.3, 0.4) is 0 Å². The predicted molar refractivity (Wildman–Crippen MR) is 139 cm³/mol. The Morgan fingerprint density at radius 3 is 1.59 bits per heavy atom. The Kier molecular flexibility index (Phi) is 7.36. The Morgan fingerprint density at radius 2 is 1.12 bits per heavy atom. The third-order valence-electron chi connectivity index (χ3n) is 5.54. The first-order valence-electron chi connectivity index (χ1n) is 11.1. The maximum Gasteiger partial charge on any atom is 0.259 e. The number of allylic oxidation sites excluding steroid dienone is 1. The topological polar surface area (TPSA) is 37.4 Å². The number of Topliss-reactive ketones (excluding diaryl/α,β-unsaturated/α-hetero) is 1. The van der Waals surface area contributed by atoms with Gasteiger partial charge in [0.1, 0.15) is 0 Å². The zero-order valence-electron chi connectivity index (χ0n) is 18.8. The second-order valence-corrected chi connectivity index (χ2v) is 8.16. The van der Waals surface area contributed by atoms with Crippen molar-refractivity contribution in [2.75, 3.05) is 4.90 Å². The Bertz CT molecular complexity index is 1260. The summed E-state index contributed by atoms with van der Waals surface area (Å²) < 4.78 is 0. The zero-order chi connectivity index (χ0) is 23.9. The van der Waals surface area contributed by atoms with Crippen LogP contribution >= 0.6 is 11.6 Å². The average Bonchev–Trinajstić information content (AvgIpc) is 2.89. The van der Waals surface area contributed by atoms with Crippen LogP contribution in [0.1, 0.15) is 29.3 Å². The lowest BCUT2D eigenvalue weighted by atomic mass is 9.90. The second-order valence-electron chi connectivity index (χ2n) is 7.72. The molecule has 0 aliphatic carbocycles. The van der Waals surface area contributed by atoms with Crippen molar-refractivity contribution >= 4 is 40.2 Å². The van der Waals surface area contributed by atoms with Gasteiger partial charge in [-0.2, -0.15) is 0 Å². The van der Waals surface area contributed by atoms with Crippen molar-refractivity contribution in [1.29, 1.82) is 0 Å². The molecule has 0 saturated carbocycles. The number of halogens is 1. The first kappa shape index (κ1) is 23.2. The van der Waals surface area contributed by atoms with Gasteiger partial charge >= 0.3 is 0 Å². The number of hydrogen-bond donors (Lipinski definition) is 0. The molecule has 4 aromatic rings. The fraction of sp³-hybridized carbons (Fsp3) is 0.0667. The summed E-state index contributed by atoms with van der Waals surface area (Å²) in [5.74, 6) is -0.449. The van der Waals surface area contributed by atoms with Crippen molar-refractivity contribution in [3.8, 4) is 0 Å². The standard InChI is InChI=1S/C30H24ClNO2/c1-2-27(30(34)32(25-14-8-4-9-15-25)26-16-10-5-11-17-26)28(22-12-6-3-7-13-22)29(33)23-18-20-24(31)21-19-23/h3-21H,2H2,1H3/b28-27+. The van der Waals surface area contributed by atoms with Crippen molar-refractivity contribution in [1.82, 2.24) is 0 Å². The molecule has 0 atom stereocenters. The SMILES string of the molecule is CC/C(C(=O)N(c1ccccc1)c1ccccc1)=C(\C(=O)c1ccc(Cl)cc1)c1ccccc1. The fourth-order valence-electron chi connectivity index (χ4n) is 3.90. The molecular formula is C30H24ClNO2. The van der Waals surface area contributed by atoms with E-state index in [0.717, 1.165) is 11.4 Å². The van der Waals surface area contributed by atoms with Crippen LogP contribution in [-0.4, -0.2) is 11.7 Å². The lowest BCUT2D eigenvalue weighted by molar-refractivity contribution is -0.114. The average molecular weight is 466 g/mol. The van der Waals surface area contributed by atoms with Crippen LogP contribution in [0, 0.1) is 0 Å². The predicted octanol–water partition coefficient (Wildman–Crippen LogP) is 7.75. The van der Waals surface area contributed by atoms with Gasteiger partial charge in [-0.15, -0.1) is 0 Å². The highest BCUT2D eigenvalue weighted by molar-refractivity contribution is 6.35. The van der Waals surface area contributed by atoms with E-state index in [9.17, 15) is 9.59 Å². The molecule has 0 N–H and O–H groups in total. The van der Waals surface area contributed by atoms with Gasteiger partial charge in [-0.3, -0.25) is 14.5 Å². The Balaban J connectivity index is 1.92. The van der Waals surface area contributed by atoms with Crippen LogP contribution in [0.4, 0.5) is 11.4 Å². The highest BCUT2D eigenvalue weighted by Crippen LogP contribution is 2.32. The van der Waals surface area contributed by atoms with Crippen molar-refractivity contribution in [3.63, 3.8) is 0 Å². The van der Waals surface area contributed by atoms with Gasteiger partial charge in [0.05, 0.1) is 0 Å². The van der Waals surface area contributed by atoms with Gasteiger partial charge in [0.25, 0.3) is 5.91 Å². The van der Waals surface area contributed by atoms with Crippen molar-refractivity contribution in [3.05, 3.63) is 137 Å². The van der Waals surface area contributed by atoms with Gasteiger partial charge in [0.15, 0.2) is 5.78 Å². The first-order valence-corrected chi connectivity index (χ1v) is 11.5. The van der Waals surface area contributed by atoms with Gasteiger partial charge in [-0.1, -0.05) is 85.3 Å². The number of anilines is 2. The van der Waals surface area contributed by atoms with E-state index in [1.807, 2.05) is 97.9 Å². The number of ketones is 1. The number of carbonyl (C=O) groups is 2. The minimum absolute atomic E-state index is 0.214. The van der Waals surface area contributed by atoms with Crippen molar-refractivity contribution < 1.29 is 9.59 Å². The highest BCUT2D eigenvalue weighted by Gasteiger charge is 2.27. The second kappa shape index (κ2) is 10.8. The summed E-state index contributed by atoms with van der Waals surface area (Å²) in [6, 6.07) is 35.1. The number of amides is 1. The molecule has 0 spiro atoms. The lowest BCUT2D eigenvalue weighted by Gasteiger charge is -2.25. The van der Waals surface area contributed by atoms with E-state index < -0.39 is 0 Å². The molecule has 4 rings (SSSR count). The van der Waals surface area contributed by atoms with Gasteiger partial charge in [-0.05, 0) is 60.5 Å². The number of benzene rings is 4. The number of nitrogens with zero attached hydrogens (tertiary/aromatic N) is 1. The van der Waals surface area contributed by atoms with E-state index in [1.54, 1.807) is 29.2 Å². The lowest BCUT2D eigenvalue weighted by Crippen LogP contribution is -2.29. The molecule has 0 heterocycles. The van der Waals surface area contributed by atoms with E-state index in [4.69, 9.17) is 11.6 Å². The molecule has 0 bridgehead atoms. The third-order valence-corrected chi connectivity index (χ3v) is 5.79. The van der Waals surface area contributed by atoms with Crippen LogP contribution in [0.25, 0.3) is 5.57 Å². The normalized spacial score (nSPS) is 11.5. The molecule has 0 fully saturated rings. The summed E-state index contributed by atoms with van der Waals surface area (Å²) in [4.78, 5) is 29.6. The largest absolute Gasteiger partial charge is 0.289 e. The number of para-hydroxylation sites is 2. The summed E-state index contributed by atoms with van der Waals surface area (Å²) in [6.45, 7) is 1.90. The summed E-state index contributed by atoms with van der Waals surface area (Å²) in [6.07, 6.45) is 0.387. The van der Waals surface area contributed by atoms with Crippen molar-refractivity contribution in [2.45, 2.75) is 13.3 Å². The molecule has 168 valence electrons. The quantitative estimate of drug-likeness (QED) is 0.206. The smallest absolute Gasteiger partial charge is 0.259 e. The molecule has 0 saturated heterocycles. The molecule has 0 radical (unpaired) electrons. The van der Waals surface area contributed by atoms with Gasteiger partial charge in [0, 0.05) is 33.1 Å². The molecule has 0 aliphatic rings. The van der Waals surface area contributed by atoms with E-state index in [1.165, 1.54) is 0 Å². The summed E-state index contributed by atoms with van der Waals surface area (Å²) in [7, 11) is 0. The van der Waals surface area contributed by atoms with Crippen LogP contribution in [0.15, 0.2) is 121 Å². The van der Waals surface area contributed by atoms with E-state index in [-0.39, 0.29) is 11.7 Å². The molecule has 0 aliphatic heterocycles. The van der Waals surface area contributed by atoms with Crippen LogP contribution in [0.5, 0.6) is 0 Å². The first-order chi connectivity index (χ1) is 16.6. The zero-order valence-corrected chi connectivity index (χ0v) is 19.6. The molecule has 4 heteroatoms. The number of carbonyl (C=O) groups excluding carboxylic acids is 2. The Hall–Kier alpha value is -3.95. The summed E-state index contributed by atoms with van der Waals surface area (Å²) in [5, 5.41) is 0.549.